The third-order valence-corrected chi connectivity index (χ3v) is 3.60. The van der Waals surface area contributed by atoms with Crippen LogP contribution in [0.3, 0.4) is 0 Å². The summed E-state index contributed by atoms with van der Waals surface area (Å²) in [5.74, 6) is 2.43. The molecule has 0 radical (unpaired) electrons. The highest BCUT2D eigenvalue weighted by molar-refractivity contribution is 7.91. The Morgan fingerprint density at radius 1 is 1.58 bits per heavy atom. The van der Waals surface area contributed by atoms with Crippen LogP contribution in [0.5, 0.6) is 0 Å². The van der Waals surface area contributed by atoms with E-state index >= 15 is 0 Å². The maximum atomic E-state index is 11.0. The van der Waals surface area contributed by atoms with Gasteiger partial charge in [0.1, 0.15) is 0 Å². The largest absolute Gasteiger partial charge is 0.327 e. The Labute approximate surface area is 74.3 Å². The molecule has 0 aliphatic heterocycles. The average Bonchev–Trinajstić information content (AvgIpc) is 1.97. The quantitative estimate of drug-likeness (QED) is 0.641. The minimum Gasteiger partial charge on any atom is -0.327 e. The van der Waals surface area contributed by atoms with Crippen LogP contribution < -0.4 is 5.73 Å². The number of rotatable bonds is 4. The van der Waals surface area contributed by atoms with E-state index < -0.39 is 15.1 Å². The Morgan fingerprint density at radius 2 is 2.08 bits per heavy atom. The van der Waals surface area contributed by atoms with E-state index in [2.05, 4.69) is 5.92 Å². The standard InChI is InChI=1S/C8H15NO2S/c1-4-5-6-8(9)7(2)12(3,10)11/h1,7-8H,5-6,9H2,2-3H3. The van der Waals surface area contributed by atoms with Crippen LogP contribution in [0.25, 0.3) is 0 Å². The molecule has 0 aromatic heterocycles. The molecule has 0 saturated carbocycles. The van der Waals surface area contributed by atoms with E-state index in [0.717, 1.165) is 0 Å². The van der Waals surface area contributed by atoms with E-state index in [1.165, 1.54) is 6.26 Å². The van der Waals surface area contributed by atoms with Crippen molar-refractivity contribution in [3.8, 4) is 12.3 Å². The summed E-state index contributed by atoms with van der Waals surface area (Å²) in [5, 5.41) is -0.508. The Bertz CT molecular complexity index is 263. The van der Waals surface area contributed by atoms with Crippen molar-refractivity contribution in [1.82, 2.24) is 0 Å². The van der Waals surface area contributed by atoms with Gasteiger partial charge in [0.15, 0.2) is 9.84 Å². The molecule has 0 heterocycles. The lowest BCUT2D eigenvalue weighted by Crippen LogP contribution is -2.37. The molecular formula is C8H15NO2S. The van der Waals surface area contributed by atoms with Gasteiger partial charge in [0.2, 0.25) is 0 Å². The van der Waals surface area contributed by atoms with Crippen molar-refractivity contribution in [2.24, 2.45) is 5.73 Å². The van der Waals surface area contributed by atoms with E-state index in [0.29, 0.717) is 12.8 Å². The Morgan fingerprint density at radius 3 is 2.42 bits per heavy atom. The van der Waals surface area contributed by atoms with Crippen LogP contribution in [0.15, 0.2) is 0 Å². The summed E-state index contributed by atoms with van der Waals surface area (Å²) in [6, 6.07) is -0.351. The van der Waals surface area contributed by atoms with Crippen LogP contribution >= 0.6 is 0 Å². The summed E-state index contributed by atoms with van der Waals surface area (Å²) < 4.78 is 22.0. The van der Waals surface area contributed by atoms with Crippen molar-refractivity contribution in [3.05, 3.63) is 0 Å². The number of hydrogen-bond donors (Lipinski definition) is 1. The minimum absolute atomic E-state index is 0.351. The van der Waals surface area contributed by atoms with Gasteiger partial charge in [-0.15, -0.1) is 12.3 Å². The number of hydrogen-bond acceptors (Lipinski definition) is 3. The lowest BCUT2D eigenvalue weighted by atomic mass is 10.1. The molecule has 2 N–H and O–H groups in total. The molecule has 3 nitrogen and oxygen atoms in total. The van der Waals surface area contributed by atoms with Gasteiger partial charge in [0, 0.05) is 18.7 Å². The van der Waals surface area contributed by atoms with Gasteiger partial charge in [-0.3, -0.25) is 0 Å². The molecule has 4 heteroatoms. The smallest absolute Gasteiger partial charge is 0.151 e. The molecule has 70 valence electrons. The molecule has 12 heavy (non-hydrogen) atoms. The first-order valence-electron chi connectivity index (χ1n) is 3.77. The summed E-state index contributed by atoms with van der Waals surface area (Å²) in [6.07, 6.45) is 7.31. The van der Waals surface area contributed by atoms with Crippen molar-refractivity contribution in [2.45, 2.75) is 31.1 Å². The summed E-state index contributed by atoms with van der Waals surface area (Å²) in [7, 11) is -3.03. The molecule has 0 spiro atoms. The first kappa shape index (κ1) is 11.5. The fourth-order valence-electron chi connectivity index (χ4n) is 0.802. The number of sulfone groups is 1. The molecule has 0 aliphatic carbocycles. The summed E-state index contributed by atoms with van der Waals surface area (Å²) in [4.78, 5) is 0. The maximum absolute atomic E-state index is 11.0. The van der Waals surface area contributed by atoms with Gasteiger partial charge in [-0.1, -0.05) is 0 Å². The summed E-state index contributed by atoms with van der Waals surface area (Å²) in [5.41, 5.74) is 5.61. The van der Waals surface area contributed by atoms with Crippen molar-refractivity contribution >= 4 is 9.84 Å². The third kappa shape index (κ3) is 3.74. The fourth-order valence-corrected chi connectivity index (χ4v) is 1.57. The van der Waals surface area contributed by atoms with Crippen LogP contribution in [-0.4, -0.2) is 26.0 Å². The van der Waals surface area contributed by atoms with Gasteiger partial charge in [0.25, 0.3) is 0 Å². The Balaban J connectivity index is 4.13. The molecule has 0 amide bonds. The van der Waals surface area contributed by atoms with Crippen molar-refractivity contribution < 1.29 is 8.42 Å². The Hall–Kier alpha value is -0.530. The van der Waals surface area contributed by atoms with E-state index in [1.807, 2.05) is 0 Å². The Kier molecular flexibility index (Phi) is 4.29. The van der Waals surface area contributed by atoms with Crippen LogP contribution in [0.2, 0.25) is 0 Å². The zero-order valence-electron chi connectivity index (χ0n) is 7.45. The zero-order valence-corrected chi connectivity index (χ0v) is 8.26. The highest BCUT2D eigenvalue weighted by Crippen LogP contribution is 2.06. The van der Waals surface area contributed by atoms with Gasteiger partial charge >= 0.3 is 0 Å². The topological polar surface area (TPSA) is 60.2 Å². The van der Waals surface area contributed by atoms with E-state index in [4.69, 9.17) is 12.2 Å². The number of terminal acetylenes is 1. The molecule has 0 rings (SSSR count). The van der Waals surface area contributed by atoms with E-state index in [-0.39, 0.29) is 6.04 Å². The minimum atomic E-state index is -3.03. The molecule has 0 aromatic rings. The van der Waals surface area contributed by atoms with Crippen molar-refractivity contribution in [1.29, 1.82) is 0 Å². The van der Waals surface area contributed by atoms with Gasteiger partial charge in [-0.25, -0.2) is 8.42 Å². The molecule has 2 atom stereocenters. The summed E-state index contributed by atoms with van der Waals surface area (Å²) >= 11 is 0. The second-order valence-electron chi connectivity index (χ2n) is 2.94. The number of nitrogens with two attached hydrogens (primary N) is 1. The first-order valence-corrected chi connectivity index (χ1v) is 5.73. The van der Waals surface area contributed by atoms with Crippen LogP contribution in [-0.2, 0) is 9.84 Å². The lowest BCUT2D eigenvalue weighted by Gasteiger charge is -2.16. The molecule has 2 unspecified atom stereocenters. The van der Waals surface area contributed by atoms with Crippen molar-refractivity contribution in [3.63, 3.8) is 0 Å². The maximum Gasteiger partial charge on any atom is 0.151 e. The van der Waals surface area contributed by atoms with Gasteiger partial charge in [0.05, 0.1) is 5.25 Å². The molecule has 0 bridgehead atoms. The second-order valence-corrected chi connectivity index (χ2v) is 5.34. The van der Waals surface area contributed by atoms with E-state index in [9.17, 15) is 8.42 Å². The van der Waals surface area contributed by atoms with Gasteiger partial charge in [-0.05, 0) is 13.3 Å². The normalized spacial score (nSPS) is 16.5. The van der Waals surface area contributed by atoms with Gasteiger partial charge in [-0.2, -0.15) is 0 Å². The fraction of sp³-hybridized carbons (Fsp3) is 0.750. The second kappa shape index (κ2) is 4.48. The van der Waals surface area contributed by atoms with E-state index in [1.54, 1.807) is 6.92 Å². The molecule has 0 fully saturated rings. The monoisotopic (exact) mass is 189 g/mol. The first-order chi connectivity index (χ1) is 5.39. The highest BCUT2D eigenvalue weighted by atomic mass is 32.2. The molecule has 0 aliphatic rings. The molecule has 0 saturated heterocycles. The summed E-state index contributed by atoms with van der Waals surface area (Å²) in [6.45, 7) is 1.61. The highest BCUT2D eigenvalue weighted by Gasteiger charge is 2.21. The zero-order chi connectivity index (χ0) is 9.78. The van der Waals surface area contributed by atoms with Crippen LogP contribution in [0, 0.1) is 12.3 Å². The lowest BCUT2D eigenvalue weighted by molar-refractivity contribution is 0.550. The van der Waals surface area contributed by atoms with Gasteiger partial charge < -0.3 is 5.73 Å². The third-order valence-electron chi connectivity index (χ3n) is 1.90. The predicted molar refractivity (Wildman–Crippen MR) is 50.3 cm³/mol. The van der Waals surface area contributed by atoms with Crippen LogP contribution in [0.1, 0.15) is 19.8 Å². The average molecular weight is 189 g/mol. The predicted octanol–water partition coefficient (Wildman–Crippen LogP) is 0.160. The molecule has 0 aromatic carbocycles. The van der Waals surface area contributed by atoms with Crippen molar-refractivity contribution in [2.75, 3.05) is 6.26 Å². The SMILES string of the molecule is C#CCCC(N)C(C)S(C)(=O)=O. The molecular weight excluding hydrogens is 174 g/mol. The van der Waals surface area contributed by atoms with Crippen LogP contribution in [0.4, 0.5) is 0 Å².